The molecule has 2 aromatic carbocycles. The van der Waals surface area contributed by atoms with E-state index in [2.05, 4.69) is 0 Å². The Kier molecular flexibility index (Phi) is 4.70. The van der Waals surface area contributed by atoms with Crippen LogP contribution in [0.2, 0.25) is 0 Å². The van der Waals surface area contributed by atoms with Crippen molar-refractivity contribution >= 4 is 17.5 Å². The summed E-state index contributed by atoms with van der Waals surface area (Å²) in [6.07, 6.45) is 0. The van der Waals surface area contributed by atoms with E-state index < -0.39 is 0 Å². The number of nitrogens with zero attached hydrogens (tertiary/aromatic N) is 2. The van der Waals surface area contributed by atoms with E-state index in [0.717, 1.165) is 11.4 Å². The van der Waals surface area contributed by atoms with Crippen molar-refractivity contribution in [3.63, 3.8) is 0 Å². The van der Waals surface area contributed by atoms with Crippen molar-refractivity contribution in [1.29, 1.82) is 0 Å². The molecule has 1 heterocycles. The third kappa shape index (κ3) is 3.47. The van der Waals surface area contributed by atoms with Crippen LogP contribution < -0.4 is 9.64 Å². The Morgan fingerprint density at radius 1 is 1.12 bits per heavy atom. The SMILES string of the molecule is COc1ccc(N2CCN(C(=O)c3ccc(F)cc3C)CC2=O)cc1. The topological polar surface area (TPSA) is 49.9 Å². The lowest BCUT2D eigenvalue weighted by molar-refractivity contribution is -0.120. The maximum atomic E-state index is 13.2. The fraction of sp³-hybridized carbons (Fsp3) is 0.263. The Morgan fingerprint density at radius 3 is 2.44 bits per heavy atom. The van der Waals surface area contributed by atoms with E-state index in [0.29, 0.717) is 24.2 Å². The van der Waals surface area contributed by atoms with Crippen LogP contribution in [0.5, 0.6) is 5.75 Å². The van der Waals surface area contributed by atoms with Crippen molar-refractivity contribution in [2.45, 2.75) is 6.92 Å². The predicted molar refractivity (Wildman–Crippen MR) is 92.4 cm³/mol. The van der Waals surface area contributed by atoms with Gasteiger partial charge in [0, 0.05) is 24.3 Å². The molecule has 1 saturated heterocycles. The smallest absolute Gasteiger partial charge is 0.254 e. The molecule has 0 bridgehead atoms. The van der Waals surface area contributed by atoms with Crippen LogP contribution >= 0.6 is 0 Å². The van der Waals surface area contributed by atoms with Gasteiger partial charge in [-0.15, -0.1) is 0 Å². The molecular formula is C19H19FN2O3. The maximum absolute atomic E-state index is 13.2. The van der Waals surface area contributed by atoms with E-state index in [1.54, 1.807) is 31.1 Å². The minimum atomic E-state index is -0.380. The van der Waals surface area contributed by atoms with Crippen LogP contribution in [-0.4, -0.2) is 43.5 Å². The van der Waals surface area contributed by atoms with Crippen LogP contribution in [0.25, 0.3) is 0 Å². The molecule has 0 N–H and O–H groups in total. The molecule has 2 aromatic rings. The van der Waals surface area contributed by atoms with Gasteiger partial charge < -0.3 is 14.5 Å². The highest BCUT2D eigenvalue weighted by molar-refractivity contribution is 6.02. The number of amides is 2. The van der Waals surface area contributed by atoms with Crippen molar-refractivity contribution in [2.24, 2.45) is 0 Å². The summed E-state index contributed by atoms with van der Waals surface area (Å²) in [5.74, 6) is -0.0592. The highest BCUT2D eigenvalue weighted by Gasteiger charge is 2.29. The first-order valence-corrected chi connectivity index (χ1v) is 7.99. The van der Waals surface area contributed by atoms with Gasteiger partial charge in [-0.05, 0) is 55.0 Å². The van der Waals surface area contributed by atoms with Crippen molar-refractivity contribution in [1.82, 2.24) is 4.90 Å². The minimum Gasteiger partial charge on any atom is -0.497 e. The Morgan fingerprint density at radius 2 is 1.84 bits per heavy atom. The average Bonchev–Trinajstić information content (AvgIpc) is 2.61. The molecule has 0 atom stereocenters. The fourth-order valence-corrected chi connectivity index (χ4v) is 2.92. The van der Waals surface area contributed by atoms with Crippen molar-refractivity contribution in [2.75, 3.05) is 31.6 Å². The summed E-state index contributed by atoms with van der Waals surface area (Å²) in [6, 6.07) is 11.3. The zero-order valence-electron chi connectivity index (χ0n) is 14.2. The molecule has 2 amide bonds. The molecule has 0 aromatic heterocycles. The number of rotatable bonds is 3. The number of carbonyl (C=O) groups excluding carboxylic acids is 2. The van der Waals surface area contributed by atoms with Crippen LogP contribution in [0.15, 0.2) is 42.5 Å². The highest BCUT2D eigenvalue weighted by atomic mass is 19.1. The van der Waals surface area contributed by atoms with E-state index >= 15 is 0 Å². The van der Waals surface area contributed by atoms with Gasteiger partial charge >= 0.3 is 0 Å². The number of aryl methyl sites for hydroxylation is 1. The maximum Gasteiger partial charge on any atom is 0.254 e. The van der Waals surface area contributed by atoms with Crippen molar-refractivity contribution in [3.05, 3.63) is 59.4 Å². The lowest BCUT2D eigenvalue weighted by Gasteiger charge is -2.34. The van der Waals surface area contributed by atoms with Gasteiger partial charge in [-0.3, -0.25) is 9.59 Å². The number of hydrogen-bond acceptors (Lipinski definition) is 3. The molecule has 0 spiro atoms. The zero-order chi connectivity index (χ0) is 18.0. The lowest BCUT2D eigenvalue weighted by atomic mass is 10.1. The second-order valence-corrected chi connectivity index (χ2v) is 5.93. The molecule has 1 fully saturated rings. The summed E-state index contributed by atoms with van der Waals surface area (Å²) in [5, 5.41) is 0. The third-order valence-electron chi connectivity index (χ3n) is 4.31. The fourth-order valence-electron chi connectivity index (χ4n) is 2.92. The Labute approximate surface area is 145 Å². The summed E-state index contributed by atoms with van der Waals surface area (Å²) < 4.78 is 18.3. The van der Waals surface area contributed by atoms with Gasteiger partial charge in [0.2, 0.25) is 5.91 Å². The summed E-state index contributed by atoms with van der Waals surface area (Å²) in [7, 11) is 1.59. The Balaban J connectivity index is 1.72. The van der Waals surface area contributed by atoms with Crippen LogP contribution in [0.1, 0.15) is 15.9 Å². The summed E-state index contributed by atoms with van der Waals surface area (Å²) in [5.41, 5.74) is 1.76. The molecule has 130 valence electrons. The Hall–Kier alpha value is -2.89. The molecule has 0 radical (unpaired) electrons. The van der Waals surface area contributed by atoms with E-state index in [4.69, 9.17) is 4.74 Å². The van der Waals surface area contributed by atoms with E-state index in [-0.39, 0.29) is 24.2 Å². The predicted octanol–water partition coefficient (Wildman–Crippen LogP) is 2.63. The summed E-state index contributed by atoms with van der Waals surface area (Å²) >= 11 is 0. The monoisotopic (exact) mass is 342 g/mol. The standard InChI is InChI=1S/C19H19FN2O3/c1-13-11-14(20)3-8-17(13)19(24)21-9-10-22(18(23)12-21)15-4-6-16(25-2)7-5-15/h3-8,11H,9-10,12H2,1-2H3. The van der Waals surface area contributed by atoms with Crippen molar-refractivity contribution in [3.8, 4) is 5.75 Å². The summed E-state index contributed by atoms with van der Waals surface area (Å²) in [6.45, 7) is 2.53. The number of piperazine rings is 1. The van der Waals surface area contributed by atoms with Gasteiger partial charge in [0.15, 0.2) is 0 Å². The van der Waals surface area contributed by atoms with Gasteiger partial charge in [-0.25, -0.2) is 4.39 Å². The van der Waals surface area contributed by atoms with E-state index in [1.807, 2.05) is 12.1 Å². The largest absolute Gasteiger partial charge is 0.497 e. The van der Waals surface area contributed by atoms with Gasteiger partial charge in [0.05, 0.1) is 7.11 Å². The van der Waals surface area contributed by atoms with E-state index in [1.165, 1.54) is 23.1 Å². The van der Waals surface area contributed by atoms with Crippen LogP contribution in [0.3, 0.4) is 0 Å². The number of anilines is 1. The molecule has 0 aliphatic carbocycles. The number of ether oxygens (including phenoxy) is 1. The molecule has 25 heavy (non-hydrogen) atoms. The molecule has 1 aliphatic rings. The summed E-state index contributed by atoms with van der Waals surface area (Å²) in [4.78, 5) is 28.3. The van der Waals surface area contributed by atoms with Crippen LogP contribution in [0, 0.1) is 12.7 Å². The normalized spacial score (nSPS) is 14.6. The van der Waals surface area contributed by atoms with Crippen molar-refractivity contribution < 1.29 is 18.7 Å². The number of halogens is 1. The average molecular weight is 342 g/mol. The molecule has 0 unspecified atom stereocenters. The molecule has 3 rings (SSSR count). The number of methoxy groups -OCH3 is 1. The van der Waals surface area contributed by atoms with Gasteiger partial charge in [0.1, 0.15) is 18.1 Å². The minimum absolute atomic E-state index is 0.00167. The number of carbonyl (C=O) groups is 2. The Bertz CT molecular complexity index is 805. The number of hydrogen-bond donors (Lipinski definition) is 0. The zero-order valence-corrected chi connectivity index (χ0v) is 14.2. The molecule has 5 nitrogen and oxygen atoms in total. The molecular weight excluding hydrogens is 323 g/mol. The first kappa shape index (κ1) is 17.0. The molecule has 0 saturated carbocycles. The number of benzene rings is 2. The van der Waals surface area contributed by atoms with E-state index in [9.17, 15) is 14.0 Å². The molecule has 6 heteroatoms. The van der Waals surface area contributed by atoms with Gasteiger partial charge in [0.25, 0.3) is 5.91 Å². The van der Waals surface area contributed by atoms with Crippen LogP contribution in [0.4, 0.5) is 10.1 Å². The first-order chi connectivity index (χ1) is 12.0. The van der Waals surface area contributed by atoms with Crippen LogP contribution in [-0.2, 0) is 4.79 Å². The van der Waals surface area contributed by atoms with Gasteiger partial charge in [-0.2, -0.15) is 0 Å². The first-order valence-electron chi connectivity index (χ1n) is 7.99. The second kappa shape index (κ2) is 6.93. The third-order valence-corrected chi connectivity index (χ3v) is 4.31. The van der Waals surface area contributed by atoms with Gasteiger partial charge in [-0.1, -0.05) is 0 Å². The molecule has 1 aliphatic heterocycles. The quantitative estimate of drug-likeness (QED) is 0.862. The highest BCUT2D eigenvalue weighted by Crippen LogP contribution is 2.22. The lowest BCUT2D eigenvalue weighted by Crippen LogP contribution is -2.52. The second-order valence-electron chi connectivity index (χ2n) is 5.93.